The fraction of sp³-hybridized carbons (Fsp3) is 0. The highest BCUT2D eigenvalue weighted by atomic mass is 79.9. The third-order valence-corrected chi connectivity index (χ3v) is 1.84. The molecule has 0 spiro atoms. The molecule has 0 saturated carbocycles. The molecular formula is C7H7BrN2O2. The Kier molecular flexibility index (Phi) is 2.54. The second-order valence-corrected chi connectivity index (χ2v) is 3.06. The van der Waals surface area contributed by atoms with Crippen LogP contribution >= 0.6 is 15.9 Å². The van der Waals surface area contributed by atoms with Crippen molar-refractivity contribution in [3.8, 4) is 5.75 Å². The van der Waals surface area contributed by atoms with E-state index in [-0.39, 0.29) is 11.6 Å². The van der Waals surface area contributed by atoms with E-state index < -0.39 is 0 Å². The molecule has 1 aromatic carbocycles. The summed E-state index contributed by atoms with van der Waals surface area (Å²) in [4.78, 5) is 0. The lowest BCUT2D eigenvalue weighted by molar-refractivity contribution is 0.318. The molecule has 1 rings (SSSR count). The Hall–Kier alpha value is -1.23. The van der Waals surface area contributed by atoms with Crippen LogP contribution in [-0.2, 0) is 0 Å². The highest BCUT2D eigenvalue weighted by Gasteiger charge is 2.05. The van der Waals surface area contributed by atoms with Crippen LogP contribution in [0.2, 0.25) is 0 Å². The Labute approximate surface area is 77.4 Å². The number of oxime groups is 1. The molecule has 4 nitrogen and oxygen atoms in total. The molecule has 0 radical (unpaired) electrons. The first-order valence-corrected chi connectivity index (χ1v) is 3.91. The van der Waals surface area contributed by atoms with Gasteiger partial charge < -0.3 is 16.0 Å². The molecule has 4 N–H and O–H groups in total. The van der Waals surface area contributed by atoms with Gasteiger partial charge in [-0.05, 0) is 18.2 Å². The summed E-state index contributed by atoms with van der Waals surface area (Å²) >= 11 is 3.19. The summed E-state index contributed by atoms with van der Waals surface area (Å²) in [5, 5.41) is 20.4. The molecule has 0 atom stereocenters. The van der Waals surface area contributed by atoms with Gasteiger partial charge in [-0.2, -0.15) is 0 Å². The van der Waals surface area contributed by atoms with E-state index in [4.69, 9.17) is 10.9 Å². The lowest BCUT2D eigenvalue weighted by atomic mass is 10.2. The van der Waals surface area contributed by atoms with Crippen molar-refractivity contribution in [2.45, 2.75) is 0 Å². The van der Waals surface area contributed by atoms with Gasteiger partial charge in [-0.15, -0.1) is 0 Å². The zero-order valence-corrected chi connectivity index (χ0v) is 7.62. The van der Waals surface area contributed by atoms with E-state index in [1.807, 2.05) is 0 Å². The van der Waals surface area contributed by atoms with Gasteiger partial charge >= 0.3 is 0 Å². The van der Waals surface area contributed by atoms with Crippen molar-refractivity contribution in [1.29, 1.82) is 0 Å². The van der Waals surface area contributed by atoms with E-state index in [1.54, 1.807) is 12.1 Å². The monoisotopic (exact) mass is 230 g/mol. The Morgan fingerprint density at radius 2 is 2.17 bits per heavy atom. The van der Waals surface area contributed by atoms with Crippen LogP contribution in [0.5, 0.6) is 5.75 Å². The first kappa shape index (κ1) is 8.86. The predicted molar refractivity (Wildman–Crippen MR) is 48.3 cm³/mol. The topological polar surface area (TPSA) is 78.8 Å². The fourth-order valence-corrected chi connectivity index (χ4v) is 1.13. The van der Waals surface area contributed by atoms with E-state index in [0.29, 0.717) is 5.56 Å². The van der Waals surface area contributed by atoms with Crippen molar-refractivity contribution in [1.82, 2.24) is 0 Å². The fourth-order valence-electron chi connectivity index (χ4n) is 0.767. The van der Waals surface area contributed by atoms with Crippen LogP contribution in [0.1, 0.15) is 5.56 Å². The van der Waals surface area contributed by atoms with Gasteiger partial charge in [0.25, 0.3) is 0 Å². The molecule has 12 heavy (non-hydrogen) atoms. The quantitative estimate of drug-likeness (QED) is 0.294. The SMILES string of the molecule is N/C(=N\O)c1cc(Br)ccc1O. The lowest BCUT2D eigenvalue weighted by Crippen LogP contribution is -2.13. The smallest absolute Gasteiger partial charge is 0.173 e. The van der Waals surface area contributed by atoms with Crippen molar-refractivity contribution >= 4 is 21.8 Å². The predicted octanol–water partition coefficient (Wildman–Crippen LogP) is 1.25. The van der Waals surface area contributed by atoms with Crippen molar-refractivity contribution in [3.63, 3.8) is 0 Å². The van der Waals surface area contributed by atoms with E-state index >= 15 is 0 Å². The van der Waals surface area contributed by atoms with Gasteiger partial charge in [0.1, 0.15) is 5.75 Å². The van der Waals surface area contributed by atoms with Crippen molar-refractivity contribution in [2.75, 3.05) is 0 Å². The van der Waals surface area contributed by atoms with Crippen LogP contribution in [0.15, 0.2) is 27.8 Å². The van der Waals surface area contributed by atoms with E-state index in [9.17, 15) is 5.11 Å². The number of nitrogens with zero attached hydrogens (tertiary/aromatic N) is 1. The van der Waals surface area contributed by atoms with Crippen molar-refractivity contribution in [2.24, 2.45) is 10.9 Å². The summed E-state index contributed by atoms with van der Waals surface area (Å²) in [7, 11) is 0. The molecule has 0 unspecified atom stereocenters. The maximum Gasteiger partial charge on any atom is 0.173 e. The molecule has 0 heterocycles. The number of hydrogen-bond donors (Lipinski definition) is 3. The second kappa shape index (κ2) is 3.44. The summed E-state index contributed by atoms with van der Waals surface area (Å²) in [5.74, 6) is -0.137. The number of amidine groups is 1. The maximum atomic E-state index is 9.24. The van der Waals surface area contributed by atoms with Gasteiger partial charge in [0.2, 0.25) is 0 Å². The van der Waals surface area contributed by atoms with Crippen LogP contribution < -0.4 is 5.73 Å². The number of benzene rings is 1. The van der Waals surface area contributed by atoms with Gasteiger partial charge in [-0.25, -0.2) is 0 Å². The maximum absolute atomic E-state index is 9.24. The van der Waals surface area contributed by atoms with Gasteiger partial charge in [0.15, 0.2) is 5.84 Å². The summed E-state index contributed by atoms with van der Waals surface area (Å²) in [6.45, 7) is 0. The third-order valence-electron chi connectivity index (χ3n) is 1.34. The Balaban J connectivity index is 3.23. The molecule has 0 aromatic heterocycles. The van der Waals surface area contributed by atoms with Crippen LogP contribution in [-0.4, -0.2) is 16.1 Å². The Morgan fingerprint density at radius 3 is 2.75 bits per heavy atom. The molecule has 0 bridgehead atoms. The van der Waals surface area contributed by atoms with Crippen LogP contribution in [0.3, 0.4) is 0 Å². The number of aromatic hydroxyl groups is 1. The molecule has 0 aliphatic heterocycles. The Morgan fingerprint density at radius 1 is 1.50 bits per heavy atom. The molecule has 0 fully saturated rings. The summed E-state index contributed by atoms with van der Waals surface area (Å²) < 4.78 is 0.752. The van der Waals surface area contributed by atoms with Gasteiger partial charge in [0.05, 0.1) is 5.56 Å². The summed E-state index contributed by atoms with van der Waals surface area (Å²) in [6, 6.07) is 4.67. The zero-order valence-electron chi connectivity index (χ0n) is 6.03. The minimum absolute atomic E-state index is 0.0199. The van der Waals surface area contributed by atoms with Crippen molar-refractivity contribution < 1.29 is 10.3 Å². The number of phenolic OH excluding ortho intramolecular Hbond substituents is 1. The molecule has 0 amide bonds. The van der Waals surface area contributed by atoms with E-state index in [0.717, 1.165) is 4.47 Å². The van der Waals surface area contributed by atoms with E-state index in [2.05, 4.69) is 21.1 Å². The number of phenols is 1. The Bertz CT molecular complexity index is 325. The summed E-state index contributed by atoms with van der Waals surface area (Å²) in [6.07, 6.45) is 0. The molecule has 64 valence electrons. The number of nitrogens with two attached hydrogens (primary N) is 1. The normalized spacial score (nSPS) is 11.6. The highest BCUT2D eigenvalue weighted by molar-refractivity contribution is 9.10. The minimum atomic E-state index is -0.117. The second-order valence-electron chi connectivity index (χ2n) is 2.15. The third kappa shape index (κ3) is 1.68. The summed E-state index contributed by atoms with van der Waals surface area (Å²) in [5.41, 5.74) is 5.58. The molecular weight excluding hydrogens is 224 g/mol. The lowest BCUT2D eigenvalue weighted by Gasteiger charge is -2.01. The standard InChI is InChI=1S/C7H7BrN2O2/c8-4-1-2-6(11)5(3-4)7(9)10-12/h1-3,11-12H,(H2,9,10). The van der Waals surface area contributed by atoms with Crippen LogP contribution in [0, 0.1) is 0 Å². The minimum Gasteiger partial charge on any atom is -0.507 e. The largest absolute Gasteiger partial charge is 0.507 e. The van der Waals surface area contributed by atoms with Gasteiger partial charge in [-0.3, -0.25) is 0 Å². The number of hydrogen-bond acceptors (Lipinski definition) is 3. The molecule has 0 aliphatic rings. The number of halogens is 1. The van der Waals surface area contributed by atoms with Crippen molar-refractivity contribution in [3.05, 3.63) is 28.2 Å². The molecule has 1 aromatic rings. The van der Waals surface area contributed by atoms with Crippen LogP contribution in [0.25, 0.3) is 0 Å². The van der Waals surface area contributed by atoms with Gasteiger partial charge in [-0.1, -0.05) is 21.1 Å². The average Bonchev–Trinajstić information content (AvgIpc) is 2.08. The van der Waals surface area contributed by atoms with E-state index in [1.165, 1.54) is 6.07 Å². The first-order chi connectivity index (χ1) is 5.65. The zero-order chi connectivity index (χ0) is 9.14. The van der Waals surface area contributed by atoms with Crippen LogP contribution in [0.4, 0.5) is 0 Å². The average molecular weight is 231 g/mol. The molecule has 5 heteroatoms. The highest BCUT2D eigenvalue weighted by Crippen LogP contribution is 2.21. The molecule has 0 saturated heterocycles. The molecule has 0 aliphatic carbocycles. The first-order valence-electron chi connectivity index (χ1n) is 3.11. The number of rotatable bonds is 1. The van der Waals surface area contributed by atoms with Gasteiger partial charge in [0, 0.05) is 4.47 Å².